The van der Waals surface area contributed by atoms with Crippen molar-refractivity contribution in [3.8, 4) is 11.5 Å². The Morgan fingerprint density at radius 1 is 0.857 bits per heavy atom. The molecule has 4 heteroatoms. The maximum absolute atomic E-state index is 13.5. The monoisotopic (exact) mass is 372 g/mol. The molecule has 0 atom stereocenters. The lowest BCUT2D eigenvalue weighted by Crippen LogP contribution is -2.42. The fourth-order valence-corrected chi connectivity index (χ4v) is 3.75. The van der Waals surface area contributed by atoms with Gasteiger partial charge in [-0.2, -0.15) is 0 Å². The van der Waals surface area contributed by atoms with Gasteiger partial charge in [0.2, 0.25) is 0 Å². The van der Waals surface area contributed by atoms with Gasteiger partial charge in [0.1, 0.15) is 17.3 Å². The van der Waals surface area contributed by atoms with Crippen LogP contribution >= 0.6 is 0 Å². The van der Waals surface area contributed by atoms with E-state index in [9.17, 15) is 4.79 Å². The second-order valence-corrected chi connectivity index (χ2v) is 7.10. The summed E-state index contributed by atoms with van der Waals surface area (Å²) in [4.78, 5) is 19.8. The van der Waals surface area contributed by atoms with Crippen molar-refractivity contribution in [2.45, 2.75) is 38.1 Å². The zero-order valence-corrected chi connectivity index (χ0v) is 15.8. The Bertz CT molecular complexity index is 906. The van der Waals surface area contributed by atoms with Crippen molar-refractivity contribution in [1.82, 2.24) is 4.98 Å². The first-order valence-corrected chi connectivity index (χ1v) is 9.89. The minimum Gasteiger partial charge on any atom is -0.457 e. The summed E-state index contributed by atoms with van der Waals surface area (Å²) in [5.74, 6) is 2.10. The summed E-state index contributed by atoms with van der Waals surface area (Å²) in [7, 11) is 0. The zero-order chi connectivity index (χ0) is 19.2. The van der Waals surface area contributed by atoms with E-state index in [1.165, 1.54) is 6.42 Å². The molecule has 0 radical (unpaired) electrons. The van der Waals surface area contributed by atoms with E-state index in [4.69, 9.17) is 4.74 Å². The third kappa shape index (κ3) is 4.22. The van der Waals surface area contributed by atoms with Gasteiger partial charge >= 0.3 is 0 Å². The quantitative estimate of drug-likeness (QED) is 0.564. The lowest BCUT2D eigenvalue weighted by molar-refractivity contribution is 0.0969. The average molecular weight is 372 g/mol. The molecule has 0 bridgehead atoms. The maximum Gasteiger partial charge on any atom is 0.259 e. The van der Waals surface area contributed by atoms with Crippen molar-refractivity contribution in [2.75, 3.05) is 4.90 Å². The molecule has 3 aromatic rings. The number of anilines is 1. The molecule has 1 aliphatic rings. The Balaban J connectivity index is 1.62. The molecule has 0 aliphatic heterocycles. The van der Waals surface area contributed by atoms with Gasteiger partial charge < -0.3 is 4.74 Å². The van der Waals surface area contributed by atoms with Crippen molar-refractivity contribution < 1.29 is 9.53 Å². The summed E-state index contributed by atoms with van der Waals surface area (Å²) in [6.07, 6.45) is 7.32. The zero-order valence-electron chi connectivity index (χ0n) is 15.8. The number of para-hydroxylation sites is 1. The fraction of sp³-hybridized carbons (Fsp3) is 0.250. The van der Waals surface area contributed by atoms with Crippen molar-refractivity contribution >= 4 is 11.7 Å². The van der Waals surface area contributed by atoms with Crippen molar-refractivity contribution in [3.05, 3.63) is 84.6 Å². The molecule has 1 amide bonds. The molecule has 2 aromatic carbocycles. The number of hydrogen-bond donors (Lipinski definition) is 0. The summed E-state index contributed by atoms with van der Waals surface area (Å²) in [5.41, 5.74) is 0.615. The van der Waals surface area contributed by atoms with Crippen molar-refractivity contribution in [3.63, 3.8) is 0 Å². The summed E-state index contributed by atoms with van der Waals surface area (Å²) < 4.78 is 5.91. The van der Waals surface area contributed by atoms with Gasteiger partial charge in [0.05, 0.1) is 0 Å². The summed E-state index contributed by atoms with van der Waals surface area (Å²) in [6, 6.07) is 22.9. The number of amides is 1. The number of rotatable bonds is 5. The number of ether oxygens (including phenoxy) is 1. The predicted octanol–water partition coefficient (Wildman–Crippen LogP) is 5.85. The number of carbonyl (C=O) groups is 1. The van der Waals surface area contributed by atoms with Crippen LogP contribution in [0.25, 0.3) is 0 Å². The van der Waals surface area contributed by atoms with Crippen LogP contribution in [-0.2, 0) is 0 Å². The van der Waals surface area contributed by atoms with Crippen molar-refractivity contribution in [1.29, 1.82) is 0 Å². The minimum atomic E-state index is -0.0240. The smallest absolute Gasteiger partial charge is 0.259 e. The van der Waals surface area contributed by atoms with Crippen LogP contribution in [0, 0.1) is 0 Å². The molecule has 28 heavy (non-hydrogen) atoms. The number of pyridine rings is 1. The van der Waals surface area contributed by atoms with E-state index in [0.717, 1.165) is 31.4 Å². The average Bonchev–Trinajstić information content (AvgIpc) is 2.76. The van der Waals surface area contributed by atoms with Crippen LogP contribution in [0.3, 0.4) is 0 Å². The van der Waals surface area contributed by atoms with Gasteiger partial charge in [0.25, 0.3) is 5.91 Å². The predicted molar refractivity (Wildman–Crippen MR) is 111 cm³/mol. The number of aromatic nitrogens is 1. The summed E-state index contributed by atoms with van der Waals surface area (Å²) in [5, 5.41) is 0. The molecule has 1 aliphatic carbocycles. The molecule has 1 heterocycles. The topological polar surface area (TPSA) is 42.4 Å². The third-order valence-electron chi connectivity index (χ3n) is 5.11. The van der Waals surface area contributed by atoms with Crippen LogP contribution in [0.1, 0.15) is 42.5 Å². The first-order chi connectivity index (χ1) is 13.8. The molecule has 4 nitrogen and oxygen atoms in total. The standard InChI is InChI=1S/C24H24N2O2/c27-24(19-10-9-15-22(18-19)28-21-13-5-2-6-14-21)26(20-11-3-1-4-12-20)23-16-7-8-17-25-23/h2,5-10,13-18,20H,1,3-4,11-12H2. The molecule has 0 saturated heterocycles. The van der Waals surface area contributed by atoms with Crippen LogP contribution in [0.5, 0.6) is 11.5 Å². The highest BCUT2D eigenvalue weighted by Crippen LogP contribution is 2.29. The molecule has 0 unspecified atom stereocenters. The molecule has 0 N–H and O–H groups in total. The first kappa shape index (κ1) is 18.2. The highest BCUT2D eigenvalue weighted by atomic mass is 16.5. The Hall–Kier alpha value is -3.14. The van der Waals surface area contributed by atoms with E-state index in [2.05, 4.69) is 4.98 Å². The van der Waals surface area contributed by atoms with E-state index in [-0.39, 0.29) is 11.9 Å². The van der Waals surface area contributed by atoms with Crippen LogP contribution in [0.2, 0.25) is 0 Å². The summed E-state index contributed by atoms with van der Waals surface area (Å²) in [6.45, 7) is 0. The molecular weight excluding hydrogens is 348 g/mol. The minimum absolute atomic E-state index is 0.0240. The van der Waals surface area contributed by atoms with Crippen LogP contribution < -0.4 is 9.64 Å². The molecule has 1 fully saturated rings. The van der Waals surface area contributed by atoms with Gasteiger partial charge in [-0.25, -0.2) is 4.98 Å². The molecular formula is C24H24N2O2. The lowest BCUT2D eigenvalue weighted by Gasteiger charge is -2.33. The van der Waals surface area contributed by atoms with E-state index >= 15 is 0 Å². The number of benzene rings is 2. The molecule has 0 spiro atoms. The van der Waals surface area contributed by atoms with Gasteiger partial charge in [-0.05, 0) is 55.3 Å². The SMILES string of the molecule is O=C(c1cccc(Oc2ccccc2)c1)N(c1ccccn1)C1CCCCC1. The fourth-order valence-electron chi connectivity index (χ4n) is 3.75. The maximum atomic E-state index is 13.5. The second-order valence-electron chi connectivity index (χ2n) is 7.10. The summed E-state index contributed by atoms with van der Waals surface area (Å²) >= 11 is 0. The van der Waals surface area contributed by atoms with Gasteiger partial charge in [-0.15, -0.1) is 0 Å². The van der Waals surface area contributed by atoms with Gasteiger partial charge in [-0.3, -0.25) is 9.69 Å². The van der Waals surface area contributed by atoms with Gasteiger partial charge in [0.15, 0.2) is 0 Å². The molecule has 1 saturated carbocycles. The highest BCUT2D eigenvalue weighted by molar-refractivity contribution is 6.06. The highest BCUT2D eigenvalue weighted by Gasteiger charge is 2.28. The third-order valence-corrected chi connectivity index (χ3v) is 5.11. The molecule has 142 valence electrons. The lowest BCUT2D eigenvalue weighted by atomic mass is 9.93. The number of nitrogens with zero attached hydrogens (tertiary/aromatic N) is 2. The van der Waals surface area contributed by atoms with Gasteiger partial charge in [-0.1, -0.05) is 49.6 Å². The first-order valence-electron chi connectivity index (χ1n) is 9.89. The second kappa shape index (κ2) is 8.70. The number of hydrogen-bond acceptors (Lipinski definition) is 3. The van der Waals surface area contributed by atoms with Crippen molar-refractivity contribution in [2.24, 2.45) is 0 Å². The van der Waals surface area contributed by atoms with Crippen LogP contribution in [0.4, 0.5) is 5.82 Å². The van der Waals surface area contributed by atoms with Crippen LogP contribution in [0.15, 0.2) is 79.0 Å². The Labute approximate surface area is 165 Å². The van der Waals surface area contributed by atoms with E-state index in [0.29, 0.717) is 17.1 Å². The van der Waals surface area contributed by atoms with Gasteiger partial charge in [0, 0.05) is 17.8 Å². The Kier molecular flexibility index (Phi) is 5.66. The van der Waals surface area contributed by atoms with E-state index in [1.807, 2.05) is 77.7 Å². The number of carbonyl (C=O) groups excluding carboxylic acids is 1. The normalized spacial score (nSPS) is 14.4. The molecule has 1 aromatic heterocycles. The Morgan fingerprint density at radius 3 is 2.36 bits per heavy atom. The Morgan fingerprint density at radius 2 is 1.61 bits per heavy atom. The van der Waals surface area contributed by atoms with E-state index < -0.39 is 0 Å². The molecule has 4 rings (SSSR count). The largest absolute Gasteiger partial charge is 0.457 e. The van der Waals surface area contributed by atoms with E-state index in [1.54, 1.807) is 6.20 Å². The van der Waals surface area contributed by atoms with Crippen LogP contribution in [-0.4, -0.2) is 16.9 Å².